The highest BCUT2D eigenvalue weighted by Crippen LogP contribution is 2.27. The molecule has 1 heterocycles. The fourth-order valence-electron chi connectivity index (χ4n) is 2.53. The summed E-state index contributed by atoms with van der Waals surface area (Å²) in [5.41, 5.74) is 6.94. The summed E-state index contributed by atoms with van der Waals surface area (Å²) in [6.45, 7) is 2.32. The lowest BCUT2D eigenvalue weighted by molar-refractivity contribution is -0.139. The van der Waals surface area contributed by atoms with Crippen LogP contribution < -0.4 is 5.73 Å². The third-order valence-corrected chi connectivity index (χ3v) is 3.63. The number of carboxylic acids is 1. The fraction of sp³-hybridized carbons (Fsp3) is 0.500. The van der Waals surface area contributed by atoms with Crippen molar-refractivity contribution in [2.75, 3.05) is 19.6 Å². The van der Waals surface area contributed by atoms with Gasteiger partial charge in [-0.1, -0.05) is 30.3 Å². The smallest absolute Gasteiger partial charge is 0.321 e. The summed E-state index contributed by atoms with van der Waals surface area (Å²) >= 11 is 0. The number of nitrogens with two attached hydrogens (primary N) is 1. The van der Waals surface area contributed by atoms with Gasteiger partial charge in [-0.25, -0.2) is 0 Å². The Bertz CT molecular complexity index is 386. The van der Waals surface area contributed by atoms with E-state index in [4.69, 9.17) is 10.8 Å². The zero-order valence-electron chi connectivity index (χ0n) is 10.5. The van der Waals surface area contributed by atoms with Crippen LogP contribution in [0.4, 0.5) is 0 Å². The lowest BCUT2D eigenvalue weighted by Crippen LogP contribution is -2.45. The maximum absolute atomic E-state index is 10.7. The van der Waals surface area contributed by atoms with Crippen molar-refractivity contribution in [3.8, 4) is 0 Å². The maximum atomic E-state index is 10.7. The first-order chi connectivity index (χ1) is 8.66. The lowest BCUT2D eigenvalue weighted by atomic mass is 9.89. The third-order valence-electron chi connectivity index (χ3n) is 3.63. The Balaban J connectivity index is 1.83. The largest absolute Gasteiger partial charge is 0.480 e. The molecule has 1 aliphatic heterocycles. The number of nitrogens with zero attached hydrogens (tertiary/aromatic N) is 1. The second-order valence-corrected chi connectivity index (χ2v) is 4.93. The number of piperidine rings is 1. The molecule has 3 N–H and O–H groups in total. The molecule has 0 spiro atoms. The molecule has 1 fully saturated rings. The molecule has 1 saturated heterocycles. The van der Waals surface area contributed by atoms with E-state index in [2.05, 4.69) is 29.2 Å². The maximum Gasteiger partial charge on any atom is 0.321 e. The highest BCUT2D eigenvalue weighted by atomic mass is 16.4. The van der Waals surface area contributed by atoms with Gasteiger partial charge in [0.15, 0.2) is 0 Å². The van der Waals surface area contributed by atoms with Crippen LogP contribution in [0.25, 0.3) is 0 Å². The molecule has 4 nitrogen and oxygen atoms in total. The second kappa shape index (κ2) is 5.98. The van der Waals surface area contributed by atoms with Gasteiger partial charge >= 0.3 is 5.97 Å². The van der Waals surface area contributed by atoms with E-state index in [-0.39, 0.29) is 0 Å². The van der Waals surface area contributed by atoms with Crippen LogP contribution in [0.2, 0.25) is 0 Å². The van der Waals surface area contributed by atoms with E-state index in [0.717, 1.165) is 25.9 Å². The molecule has 0 saturated carbocycles. The molecule has 1 aliphatic rings. The monoisotopic (exact) mass is 248 g/mol. The molecule has 18 heavy (non-hydrogen) atoms. The van der Waals surface area contributed by atoms with E-state index in [0.29, 0.717) is 12.5 Å². The molecule has 0 aliphatic carbocycles. The molecule has 2 rings (SSSR count). The van der Waals surface area contributed by atoms with Gasteiger partial charge in [-0.15, -0.1) is 0 Å². The molecule has 1 aromatic rings. The summed E-state index contributed by atoms with van der Waals surface area (Å²) in [5, 5.41) is 8.79. The van der Waals surface area contributed by atoms with Crippen molar-refractivity contribution in [2.24, 2.45) is 5.73 Å². The molecule has 98 valence electrons. The van der Waals surface area contributed by atoms with Gasteiger partial charge in [-0.05, 0) is 37.4 Å². The zero-order valence-corrected chi connectivity index (χ0v) is 10.5. The van der Waals surface area contributed by atoms with Crippen molar-refractivity contribution in [2.45, 2.75) is 24.8 Å². The minimum atomic E-state index is -0.916. The van der Waals surface area contributed by atoms with Gasteiger partial charge in [0, 0.05) is 6.54 Å². The van der Waals surface area contributed by atoms with Crippen LogP contribution >= 0.6 is 0 Å². The molecule has 0 aromatic heterocycles. The molecule has 0 unspecified atom stereocenters. The highest BCUT2D eigenvalue weighted by molar-refractivity contribution is 5.73. The van der Waals surface area contributed by atoms with Gasteiger partial charge in [-0.2, -0.15) is 0 Å². The van der Waals surface area contributed by atoms with Crippen molar-refractivity contribution in [1.82, 2.24) is 4.90 Å². The first-order valence-electron chi connectivity index (χ1n) is 6.42. The van der Waals surface area contributed by atoms with Gasteiger partial charge < -0.3 is 15.7 Å². The van der Waals surface area contributed by atoms with Crippen LogP contribution in [0.15, 0.2) is 30.3 Å². The van der Waals surface area contributed by atoms with Crippen LogP contribution in [0.1, 0.15) is 24.3 Å². The zero-order chi connectivity index (χ0) is 13.0. The Morgan fingerprint density at radius 2 is 1.94 bits per heavy atom. The predicted octanol–water partition coefficient (Wildman–Crippen LogP) is 1.28. The van der Waals surface area contributed by atoms with Gasteiger partial charge in [-0.3, -0.25) is 4.79 Å². The molecule has 1 atom stereocenters. The lowest BCUT2D eigenvalue weighted by Gasteiger charge is -2.32. The van der Waals surface area contributed by atoms with Crippen LogP contribution in [0, 0.1) is 0 Å². The van der Waals surface area contributed by atoms with Crippen LogP contribution in [0.5, 0.6) is 0 Å². The number of hydrogen-bond donors (Lipinski definition) is 2. The van der Waals surface area contributed by atoms with E-state index in [9.17, 15) is 4.79 Å². The fourth-order valence-corrected chi connectivity index (χ4v) is 2.53. The normalized spacial score (nSPS) is 19.6. The van der Waals surface area contributed by atoms with E-state index in [1.807, 2.05) is 6.07 Å². The summed E-state index contributed by atoms with van der Waals surface area (Å²) in [6, 6.07) is 9.75. The van der Waals surface area contributed by atoms with Gasteiger partial charge in [0.05, 0.1) is 0 Å². The number of aliphatic carboxylic acids is 1. The van der Waals surface area contributed by atoms with Crippen molar-refractivity contribution in [3.63, 3.8) is 0 Å². The van der Waals surface area contributed by atoms with E-state index in [1.54, 1.807) is 0 Å². The van der Waals surface area contributed by atoms with Crippen molar-refractivity contribution >= 4 is 5.97 Å². The number of hydrogen-bond acceptors (Lipinski definition) is 3. The van der Waals surface area contributed by atoms with Crippen molar-refractivity contribution in [3.05, 3.63) is 35.9 Å². The summed E-state index contributed by atoms with van der Waals surface area (Å²) in [4.78, 5) is 12.9. The van der Waals surface area contributed by atoms with Gasteiger partial charge in [0.1, 0.15) is 6.04 Å². The number of carbonyl (C=O) groups is 1. The topological polar surface area (TPSA) is 66.6 Å². The third kappa shape index (κ3) is 3.31. The molecule has 0 amide bonds. The van der Waals surface area contributed by atoms with Crippen LogP contribution in [-0.4, -0.2) is 41.7 Å². The molecular formula is C14H20N2O2. The Kier molecular flexibility index (Phi) is 4.33. The summed E-state index contributed by atoms with van der Waals surface area (Å²) in [7, 11) is 0. The summed E-state index contributed by atoms with van der Waals surface area (Å²) < 4.78 is 0. The average molecular weight is 248 g/mol. The number of rotatable bonds is 4. The summed E-state index contributed by atoms with van der Waals surface area (Å²) in [6.07, 6.45) is 2.16. The Labute approximate surface area is 107 Å². The number of benzene rings is 1. The van der Waals surface area contributed by atoms with E-state index >= 15 is 0 Å². The second-order valence-electron chi connectivity index (χ2n) is 4.93. The molecule has 1 aromatic carbocycles. The average Bonchev–Trinajstić information content (AvgIpc) is 2.40. The highest BCUT2D eigenvalue weighted by Gasteiger charge is 2.23. The minimum Gasteiger partial charge on any atom is -0.480 e. The quantitative estimate of drug-likeness (QED) is 0.842. The van der Waals surface area contributed by atoms with Crippen LogP contribution in [-0.2, 0) is 4.79 Å². The van der Waals surface area contributed by atoms with Crippen LogP contribution in [0.3, 0.4) is 0 Å². The summed E-state index contributed by atoms with van der Waals surface area (Å²) in [5.74, 6) is -0.316. The number of likely N-dealkylation sites (tertiary alicyclic amines) is 1. The van der Waals surface area contributed by atoms with E-state index in [1.165, 1.54) is 5.56 Å². The Morgan fingerprint density at radius 3 is 2.50 bits per heavy atom. The standard InChI is InChI=1S/C14H20N2O2/c15-13(14(17)18)10-16-8-6-12(7-9-16)11-4-2-1-3-5-11/h1-5,12-13H,6-10,15H2,(H,17,18)/t13-/m0/s1. The minimum absolute atomic E-state index is 0.455. The first kappa shape index (κ1) is 13.1. The molecule has 4 heteroatoms. The Morgan fingerprint density at radius 1 is 1.33 bits per heavy atom. The van der Waals surface area contributed by atoms with Crippen molar-refractivity contribution in [1.29, 1.82) is 0 Å². The molecule has 0 bridgehead atoms. The van der Waals surface area contributed by atoms with Crippen molar-refractivity contribution < 1.29 is 9.90 Å². The van der Waals surface area contributed by atoms with Gasteiger partial charge in [0.25, 0.3) is 0 Å². The first-order valence-corrected chi connectivity index (χ1v) is 6.42. The SMILES string of the molecule is N[C@@H](CN1CCC(c2ccccc2)CC1)C(=O)O. The van der Waals surface area contributed by atoms with Gasteiger partial charge in [0.2, 0.25) is 0 Å². The van der Waals surface area contributed by atoms with E-state index < -0.39 is 12.0 Å². The number of carboxylic acid groups (broad SMARTS) is 1. The molecule has 0 radical (unpaired) electrons. The Hall–Kier alpha value is -1.39. The molecular weight excluding hydrogens is 228 g/mol. The predicted molar refractivity (Wildman–Crippen MR) is 70.5 cm³/mol.